The molecule has 4 heteroatoms. The third-order valence-electron chi connectivity index (χ3n) is 4.53. The molecule has 0 aromatic carbocycles. The van der Waals surface area contributed by atoms with Gasteiger partial charge in [0, 0.05) is 0 Å². The second-order valence-electron chi connectivity index (χ2n) is 6.80. The van der Waals surface area contributed by atoms with Crippen LogP contribution in [0.5, 0.6) is 0 Å². The summed E-state index contributed by atoms with van der Waals surface area (Å²) in [6, 6.07) is 0. The minimum Gasteiger partial charge on any atom is -0.481 e. The number of aliphatic carboxylic acids is 2. The number of carboxylic acids is 2. The molecule has 24 heavy (non-hydrogen) atoms. The zero-order chi connectivity index (χ0) is 18.3. The van der Waals surface area contributed by atoms with Crippen LogP contribution >= 0.6 is 0 Å². The average molecular weight is 341 g/mol. The first-order chi connectivity index (χ1) is 11.5. The molecular weight excluding hydrogens is 304 g/mol. The number of carboxylic acid groups (broad SMARTS) is 2. The summed E-state index contributed by atoms with van der Waals surface area (Å²) in [4.78, 5) is 22.9. The molecule has 0 aliphatic carbocycles. The largest absolute Gasteiger partial charge is 0.481 e. The average Bonchev–Trinajstić information content (AvgIpc) is 2.53. The molecule has 0 aromatic heterocycles. The highest BCUT2D eigenvalue weighted by Crippen LogP contribution is 2.32. The van der Waals surface area contributed by atoms with E-state index in [0.29, 0.717) is 6.42 Å². The first-order valence-corrected chi connectivity index (χ1v) is 9.61. The Balaban J connectivity index is 4.52. The summed E-state index contributed by atoms with van der Waals surface area (Å²) in [6.07, 6.45) is 15.5. The van der Waals surface area contributed by atoms with E-state index in [-0.39, 0.29) is 6.42 Å². The van der Waals surface area contributed by atoms with Crippen LogP contribution in [0.3, 0.4) is 0 Å². The number of hydrogen-bond donors (Lipinski definition) is 2. The van der Waals surface area contributed by atoms with Crippen molar-refractivity contribution < 1.29 is 19.8 Å². The van der Waals surface area contributed by atoms with Crippen molar-refractivity contribution in [2.75, 3.05) is 0 Å². The third-order valence-corrected chi connectivity index (χ3v) is 4.53. The van der Waals surface area contributed by atoms with Crippen LogP contribution in [0, 0.1) is 5.41 Å². The lowest BCUT2D eigenvalue weighted by Crippen LogP contribution is -2.31. The van der Waals surface area contributed by atoms with Crippen LogP contribution < -0.4 is 0 Å². The predicted molar refractivity (Wildman–Crippen MR) is 98.2 cm³/mol. The van der Waals surface area contributed by atoms with Gasteiger partial charge >= 0.3 is 11.9 Å². The van der Waals surface area contributed by atoms with Crippen LogP contribution in [0.1, 0.15) is 97.3 Å². The molecule has 0 spiro atoms. The maximum absolute atomic E-state index is 11.7. The van der Waals surface area contributed by atoms with Gasteiger partial charge in [0.1, 0.15) is 0 Å². The lowest BCUT2D eigenvalue weighted by Gasteiger charge is -2.24. The molecule has 2 N–H and O–H groups in total. The molecule has 4 nitrogen and oxygen atoms in total. The molecule has 0 saturated carbocycles. The van der Waals surface area contributed by atoms with E-state index in [9.17, 15) is 14.7 Å². The van der Waals surface area contributed by atoms with Crippen molar-refractivity contribution in [3.8, 4) is 0 Å². The Labute approximate surface area is 147 Å². The molecule has 0 aliphatic heterocycles. The first-order valence-electron chi connectivity index (χ1n) is 9.61. The van der Waals surface area contributed by atoms with Crippen molar-refractivity contribution in [3.63, 3.8) is 0 Å². The van der Waals surface area contributed by atoms with Crippen molar-refractivity contribution in [3.05, 3.63) is 12.2 Å². The SMILES string of the molecule is CCCCCCCCC=CC(CCCCCC)(CC(=O)O)C(=O)O. The van der Waals surface area contributed by atoms with Gasteiger partial charge in [0.2, 0.25) is 0 Å². The molecule has 0 bridgehead atoms. The summed E-state index contributed by atoms with van der Waals surface area (Å²) in [5, 5.41) is 18.7. The summed E-state index contributed by atoms with van der Waals surface area (Å²) in [5.74, 6) is -2.06. The number of rotatable bonds is 16. The van der Waals surface area contributed by atoms with Crippen LogP contribution in [-0.4, -0.2) is 22.2 Å². The zero-order valence-electron chi connectivity index (χ0n) is 15.6. The van der Waals surface area contributed by atoms with Gasteiger partial charge in [-0.25, -0.2) is 0 Å². The Hall–Kier alpha value is -1.32. The lowest BCUT2D eigenvalue weighted by molar-refractivity contribution is -0.153. The minimum absolute atomic E-state index is 0.332. The molecule has 0 heterocycles. The predicted octanol–water partition coefficient (Wildman–Crippen LogP) is 5.81. The fourth-order valence-corrected chi connectivity index (χ4v) is 2.97. The van der Waals surface area contributed by atoms with Gasteiger partial charge in [-0.2, -0.15) is 0 Å². The topological polar surface area (TPSA) is 74.6 Å². The Morgan fingerprint density at radius 2 is 1.38 bits per heavy atom. The summed E-state index contributed by atoms with van der Waals surface area (Å²) in [5.41, 5.74) is -1.25. The van der Waals surface area contributed by atoms with E-state index >= 15 is 0 Å². The lowest BCUT2D eigenvalue weighted by atomic mass is 9.78. The second-order valence-corrected chi connectivity index (χ2v) is 6.80. The molecule has 0 radical (unpaired) electrons. The van der Waals surface area contributed by atoms with Gasteiger partial charge in [-0.1, -0.05) is 83.8 Å². The Kier molecular flexibility index (Phi) is 13.3. The van der Waals surface area contributed by atoms with Gasteiger partial charge in [-0.15, -0.1) is 0 Å². The van der Waals surface area contributed by atoms with Gasteiger partial charge in [-0.05, 0) is 19.3 Å². The van der Waals surface area contributed by atoms with Crippen molar-refractivity contribution >= 4 is 11.9 Å². The molecule has 0 fully saturated rings. The van der Waals surface area contributed by atoms with Crippen molar-refractivity contribution in [1.29, 1.82) is 0 Å². The smallest absolute Gasteiger partial charge is 0.314 e. The Bertz CT molecular complexity index is 376. The Morgan fingerprint density at radius 1 is 0.833 bits per heavy atom. The van der Waals surface area contributed by atoms with Gasteiger partial charge in [-0.3, -0.25) is 9.59 Å². The molecule has 1 unspecified atom stereocenters. The zero-order valence-corrected chi connectivity index (χ0v) is 15.6. The second kappa shape index (κ2) is 14.1. The maximum atomic E-state index is 11.7. The van der Waals surface area contributed by atoms with E-state index < -0.39 is 17.4 Å². The van der Waals surface area contributed by atoms with E-state index in [1.54, 1.807) is 6.08 Å². The molecule has 0 rings (SSSR count). The number of allylic oxidation sites excluding steroid dienone is 1. The highest BCUT2D eigenvalue weighted by atomic mass is 16.4. The van der Waals surface area contributed by atoms with Gasteiger partial charge < -0.3 is 10.2 Å². The summed E-state index contributed by atoms with van der Waals surface area (Å²) in [7, 11) is 0. The highest BCUT2D eigenvalue weighted by molar-refractivity contribution is 5.83. The molecule has 0 saturated heterocycles. The molecule has 1 atom stereocenters. The molecule has 0 amide bonds. The normalized spacial score (nSPS) is 13.9. The quantitative estimate of drug-likeness (QED) is 0.275. The van der Waals surface area contributed by atoms with Gasteiger partial charge in [0.25, 0.3) is 0 Å². The summed E-state index contributed by atoms with van der Waals surface area (Å²) < 4.78 is 0. The van der Waals surface area contributed by atoms with Crippen molar-refractivity contribution in [1.82, 2.24) is 0 Å². The summed E-state index contributed by atoms with van der Waals surface area (Å²) in [6.45, 7) is 4.29. The van der Waals surface area contributed by atoms with Crippen LogP contribution in [0.4, 0.5) is 0 Å². The fraction of sp³-hybridized carbons (Fsp3) is 0.800. The van der Waals surface area contributed by atoms with Gasteiger partial charge in [0.05, 0.1) is 11.8 Å². The van der Waals surface area contributed by atoms with Crippen LogP contribution in [0.25, 0.3) is 0 Å². The monoisotopic (exact) mass is 340 g/mol. The van der Waals surface area contributed by atoms with E-state index in [1.165, 1.54) is 25.7 Å². The number of unbranched alkanes of at least 4 members (excludes halogenated alkanes) is 9. The molecule has 0 aliphatic rings. The summed E-state index contributed by atoms with van der Waals surface area (Å²) >= 11 is 0. The third kappa shape index (κ3) is 10.5. The number of hydrogen-bond acceptors (Lipinski definition) is 2. The Morgan fingerprint density at radius 3 is 1.92 bits per heavy atom. The molecule has 140 valence electrons. The fourth-order valence-electron chi connectivity index (χ4n) is 2.97. The van der Waals surface area contributed by atoms with Crippen LogP contribution in [0.15, 0.2) is 12.2 Å². The van der Waals surface area contributed by atoms with E-state index in [4.69, 9.17) is 5.11 Å². The van der Waals surface area contributed by atoms with Crippen LogP contribution in [-0.2, 0) is 9.59 Å². The standard InChI is InChI=1S/C20H36O4/c1-3-5-7-9-10-11-12-14-16-20(19(23)24,17-18(21)22)15-13-8-6-4-2/h14,16H,3-13,15,17H2,1-2H3,(H,21,22)(H,23,24). The van der Waals surface area contributed by atoms with E-state index in [2.05, 4.69) is 13.8 Å². The number of carbonyl (C=O) groups is 2. The van der Waals surface area contributed by atoms with Gasteiger partial charge in [0.15, 0.2) is 0 Å². The van der Waals surface area contributed by atoms with Crippen LogP contribution in [0.2, 0.25) is 0 Å². The minimum atomic E-state index is -1.25. The van der Waals surface area contributed by atoms with E-state index in [1.807, 2.05) is 6.08 Å². The highest BCUT2D eigenvalue weighted by Gasteiger charge is 2.37. The van der Waals surface area contributed by atoms with Crippen molar-refractivity contribution in [2.45, 2.75) is 97.3 Å². The molecular formula is C20H36O4. The van der Waals surface area contributed by atoms with E-state index in [0.717, 1.165) is 44.9 Å². The maximum Gasteiger partial charge on any atom is 0.314 e. The van der Waals surface area contributed by atoms with Crippen molar-refractivity contribution in [2.24, 2.45) is 5.41 Å². The molecule has 0 aromatic rings. The first kappa shape index (κ1) is 22.7.